The van der Waals surface area contributed by atoms with Crippen LogP contribution in [0, 0.1) is 6.92 Å². The number of aromatic nitrogens is 2. The average molecular weight is 374 g/mol. The molecular weight excluding hydrogens is 346 g/mol. The first-order valence-electron chi connectivity index (χ1n) is 9.09. The Labute approximate surface area is 159 Å². The standard InChI is InChI=1S/C19H27N5OS/c1-14-13-26-18(21-14)15(2)22-19(25)24(12-16-4-8-20-9-5-16)17-6-10-23(3)11-7-17/h4-5,8-9,13,15,17H,6-7,10-12H2,1-3H3,(H,22,25). The molecule has 0 aromatic carbocycles. The molecule has 3 heterocycles. The highest BCUT2D eigenvalue weighted by molar-refractivity contribution is 7.09. The van der Waals surface area contributed by atoms with Gasteiger partial charge in [-0.1, -0.05) is 0 Å². The molecule has 3 rings (SSSR count). The lowest BCUT2D eigenvalue weighted by Gasteiger charge is -2.37. The van der Waals surface area contributed by atoms with Crippen molar-refractivity contribution in [2.24, 2.45) is 0 Å². The zero-order valence-electron chi connectivity index (χ0n) is 15.7. The molecule has 0 radical (unpaired) electrons. The number of urea groups is 1. The minimum absolute atomic E-state index is 0.0169. The third-order valence-electron chi connectivity index (χ3n) is 4.84. The van der Waals surface area contributed by atoms with Crippen molar-refractivity contribution in [1.29, 1.82) is 0 Å². The number of nitrogens with one attached hydrogen (secondary N) is 1. The normalized spacial score (nSPS) is 17.0. The summed E-state index contributed by atoms with van der Waals surface area (Å²) in [4.78, 5) is 26.0. The highest BCUT2D eigenvalue weighted by Crippen LogP contribution is 2.21. The molecule has 1 unspecified atom stereocenters. The summed E-state index contributed by atoms with van der Waals surface area (Å²) >= 11 is 1.59. The molecule has 0 aliphatic carbocycles. The van der Waals surface area contributed by atoms with Crippen LogP contribution >= 0.6 is 11.3 Å². The van der Waals surface area contributed by atoms with Gasteiger partial charge in [-0.3, -0.25) is 4.98 Å². The molecule has 2 aromatic rings. The van der Waals surface area contributed by atoms with Gasteiger partial charge in [-0.25, -0.2) is 9.78 Å². The van der Waals surface area contributed by atoms with Crippen LogP contribution in [0.1, 0.15) is 42.1 Å². The van der Waals surface area contributed by atoms with Crippen molar-refractivity contribution in [3.63, 3.8) is 0 Å². The van der Waals surface area contributed by atoms with Crippen molar-refractivity contribution in [3.05, 3.63) is 46.2 Å². The number of hydrogen-bond acceptors (Lipinski definition) is 5. The Morgan fingerprint density at radius 1 is 1.38 bits per heavy atom. The van der Waals surface area contributed by atoms with Crippen molar-refractivity contribution in [2.45, 2.75) is 45.3 Å². The summed E-state index contributed by atoms with van der Waals surface area (Å²) in [6.45, 7) is 6.61. The Kier molecular flexibility index (Phi) is 6.21. The highest BCUT2D eigenvalue weighted by atomic mass is 32.1. The minimum atomic E-state index is -0.0904. The van der Waals surface area contributed by atoms with E-state index in [0.29, 0.717) is 6.54 Å². The average Bonchev–Trinajstić information content (AvgIpc) is 3.08. The van der Waals surface area contributed by atoms with E-state index in [1.165, 1.54) is 0 Å². The van der Waals surface area contributed by atoms with Crippen molar-refractivity contribution < 1.29 is 4.79 Å². The van der Waals surface area contributed by atoms with Gasteiger partial charge in [0, 0.05) is 36.1 Å². The molecule has 7 heteroatoms. The van der Waals surface area contributed by atoms with E-state index in [1.54, 1.807) is 23.7 Å². The highest BCUT2D eigenvalue weighted by Gasteiger charge is 2.28. The molecule has 0 spiro atoms. The van der Waals surface area contributed by atoms with Crippen LogP contribution in [0.25, 0.3) is 0 Å². The molecule has 1 atom stereocenters. The number of carbonyl (C=O) groups is 1. The second-order valence-electron chi connectivity index (χ2n) is 7.02. The van der Waals surface area contributed by atoms with Crippen molar-refractivity contribution in [2.75, 3.05) is 20.1 Å². The predicted molar refractivity (Wildman–Crippen MR) is 104 cm³/mol. The molecule has 1 N–H and O–H groups in total. The van der Waals surface area contributed by atoms with Gasteiger partial charge in [0.1, 0.15) is 5.01 Å². The molecule has 1 fully saturated rings. The van der Waals surface area contributed by atoms with Gasteiger partial charge in [-0.2, -0.15) is 0 Å². The Balaban J connectivity index is 1.72. The Morgan fingerprint density at radius 2 is 2.08 bits per heavy atom. The van der Waals surface area contributed by atoms with Crippen LogP contribution < -0.4 is 5.32 Å². The minimum Gasteiger partial charge on any atom is -0.329 e. The van der Waals surface area contributed by atoms with Gasteiger partial charge in [0.05, 0.1) is 6.04 Å². The smallest absolute Gasteiger partial charge is 0.318 e. The fraction of sp³-hybridized carbons (Fsp3) is 0.526. The van der Waals surface area contributed by atoms with E-state index >= 15 is 0 Å². The Morgan fingerprint density at radius 3 is 2.69 bits per heavy atom. The Bertz CT molecular complexity index is 712. The summed E-state index contributed by atoms with van der Waals surface area (Å²) in [7, 11) is 2.14. The lowest BCUT2D eigenvalue weighted by molar-refractivity contribution is 0.125. The monoisotopic (exact) mass is 373 g/mol. The van der Waals surface area contributed by atoms with E-state index < -0.39 is 0 Å². The molecule has 2 amide bonds. The van der Waals surface area contributed by atoms with Crippen LogP contribution in [0.3, 0.4) is 0 Å². The summed E-state index contributed by atoms with van der Waals surface area (Å²) in [5, 5.41) is 6.11. The zero-order valence-corrected chi connectivity index (χ0v) is 16.5. The molecule has 1 aliphatic heterocycles. The molecule has 26 heavy (non-hydrogen) atoms. The SMILES string of the molecule is Cc1csc(C(C)NC(=O)N(Cc2ccncc2)C2CCN(C)CC2)n1. The second kappa shape index (κ2) is 8.60. The van der Waals surface area contributed by atoms with Crippen LogP contribution in [0.2, 0.25) is 0 Å². The number of thiazole rings is 1. The number of carbonyl (C=O) groups excluding carboxylic acids is 1. The van der Waals surface area contributed by atoms with Crippen molar-refractivity contribution in [1.82, 2.24) is 25.1 Å². The van der Waals surface area contributed by atoms with Gasteiger partial charge in [0.15, 0.2) is 0 Å². The fourth-order valence-corrected chi connectivity index (χ4v) is 4.06. The summed E-state index contributed by atoms with van der Waals surface area (Å²) < 4.78 is 0. The second-order valence-corrected chi connectivity index (χ2v) is 7.91. The van der Waals surface area contributed by atoms with Crippen LogP contribution in [0.15, 0.2) is 29.9 Å². The van der Waals surface area contributed by atoms with Crippen LogP contribution in [0.4, 0.5) is 4.79 Å². The van der Waals surface area contributed by atoms with E-state index in [4.69, 9.17) is 0 Å². The first-order valence-corrected chi connectivity index (χ1v) is 9.97. The van der Waals surface area contributed by atoms with E-state index in [-0.39, 0.29) is 18.1 Å². The van der Waals surface area contributed by atoms with Crippen LogP contribution in [0.5, 0.6) is 0 Å². The maximum Gasteiger partial charge on any atom is 0.318 e. The summed E-state index contributed by atoms with van der Waals surface area (Å²) in [6.07, 6.45) is 5.56. The number of likely N-dealkylation sites (tertiary alicyclic amines) is 1. The molecule has 140 valence electrons. The lowest BCUT2D eigenvalue weighted by Crippen LogP contribution is -2.50. The molecule has 2 aromatic heterocycles. The van der Waals surface area contributed by atoms with Crippen molar-refractivity contribution >= 4 is 17.4 Å². The quantitative estimate of drug-likeness (QED) is 0.874. The first kappa shape index (κ1) is 18.8. The molecular formula is C19H27N5OS. The number of nitrogens with zero attached hydrogens (tertiary/aromatic N) is 4. The fourth-order valence-electron chi connectivity index (χ4n) is 3.26. The molecule has 1 aliphatic rings. The summed E-state index contributed by atoms with van der Waals surface area (Å²) in [5.74, 6) is 0. The van der Waals surface area contributed by atoms with E-state index in [1.807, 2.05) is 36.3 Å². The number of aryl methyl sites for hydroxylation is 1. The number of pyridine rings is 1. The number of amides is 2. The first-order chi connectivity index (χ1) is 12.5. The molecule has 0 bridgehead atoms. The largest absolute Gasteiger partial charge is 0.329 e. The van der Waals surface area contributed by atoms with Gasteiger partial charge in [-0.05, 0) is 64.5 Å². The molecule has 6 nitrogen and oxygen atoms in total. The maximum atomic E-state index is 13.1. The number of piperidine rings is 1. The predicted octanol–water partition coefficient (Wildman–Crippen LogP) is 3.21. The number of hydrogen-bond donors (Lipinski definition) is 1. The van der Waals surface area contributed by atoms with E-state index in [2.05, 4.69) is 27.2 Å². The van der Waals surface area contributed by atoms with Gasteiger partial charge in [0.2, 0.25) is 0 Å². The maximum absolute atomic E-state index is 13.1. The summed E-state index contributed by atoms with van der Waals surface area (Å²) in [6, 6.07) is 4.10. The topological polar surface area (TPSA) is 61.4 Å². The summed E-state index contributed by atoms with van der Waals surface area (Å²) in [5.41, 5.74) is 2.10. The third kappa shape index (κ3) is 4.80. The van der Waals surface area contributed by atoms with Crippen molar-refractivity contribution in [3.8, 4) is 0 Å². The molecule has 0 saturated carbocycles. The van der Waals surface area contributed by atoms with Gasteiger partial charge >= 0.3 is 6.03 Å². The van der Waals surface area contributed by atoms with Gasteiger partial charge in [0.25, 0.3) is 0 Å². The van der Waals surface area contributed by atoms with Gasteiger partial charge < -0.3 is 15.1 Å². The number of rotatable bonds is 5. The van der Waals surface area contributed by atoms with E-state index in [0.717, 1.165) is 42.2 Å². The third-order valence-corrected chi connectivity index (χ3v) is 5.98. The van der Waals surface area contributed by atoms with E-state index in [9.17, 15) is 4.79 Å². The van der Waals surface area contributed by atoms with Gasteiger partial charge in [-0.15, -0.1) is 11.3 Å². The lowest BCUT2D eigenvalue weighted by atomic mass is 10.0. The zero-order chi connectivity index (χ0) is 18.5. The van der Waals surface area contributed by atoms with Crippen LogP contribution in [-0.2, 0) is 6.54 Å². The Hall–Kier alpha value is -1.99. The molecule has 1 saturated heterocycles. The van der Waals surface area contributed by atoms with Crippen LogP contribution in [-0.4, -0.2) is 52.0 Å².